The van der Waals surface area contributed by atoms with Crippen LogP contribution in [-0.2, 0) is 4.79 Å². The van der Waals surface area contributed by atoms with Crippen LogP contribution in [0, 0.1) is 0 Å². The number of rotatable bonds is 8. The van der Waals surface area contributed by atoms with Crippen molar-refractivity contribution in [3.05, 3.63) is 0 Å². The van der Waals surface area contributed by atoms with Crippen LogP contribution in [-0.4, -0.2) is 54.7 Å². The first kappa shape index (κ1) is 18.3. The zero-order valence-electron chi connectivity index (χ0n) is 12.0. The summed E-state index contributed by atoms with van der Waals surface area (Å²) in [5.41, 5.74) is 4.39. The Hall–Kier alpha value is -0.755. The van der Waals surface area contributed by atoms with Crippen molar-refractivity contribution in [2.75, 3.05) is 13.1 Å². The van der Waals surface area contributed by atoms with Gasteiger partial charge in [-0.15, -0.1) is 0 Å². The first-order chi connectivity index (χ1) is 9.70. The minimum Gasteiger partial charge on any atom is -0.480 e. The molecule has 120 valence electrons. The zero-order valence-corrected chi connectivity index (χ0v) is 12.0. The number of carbonyl (C=O) groups is 1. The molecule has 2 radical (unpaired) electrons. The molecule has 4 nitrogen and oxygen atoms in total. The van der Waals surface area contributed by atoms with Crippen LogP contribution in [0.5, 0.6) is 0 Å². The number of nitrogens with two attached hydrogens (primary N) is 1. The van der Waals surface area contributed by atoms with Crippen LogP contribution in [0.15, 0.2) is 0 Å². The highest BCUT2D eigenvalue weighted by Gasteiger charge is 2.46. The van der Waals surface area contributed by atoms with E-state index in [1.54, 1.807) is 0 Å². The number of unbranched alkanes of at least 4 members (excludes halogenated alkanes) is 1. The molecule has 0 amide bonds. The van der Waals surface area contributed by atoms with Gasteiger partial charge in [0.05, 0.1) is 7.85 Å². The maximum Gasteiger partial charge on any atom is 0.404 e. The lowest BCUT2D eigenvalue weighted by Gasteiger charge is -2.31. The van der Waals surface area contributed by atoms with Crippen LogP contribution >= 0.6 is 0 Å². The number of alkyl halides is 3. The molecule has 0 aromatic carbocycles. The molecule has 1 heterocycles. The molecule has 1 aliphatic rings. The van der Waals surface area contributed by atoms with Gasteiger partial charge in [0.2, 0.25) is 0 Å². The third-order valence-corrected chi connectivity index (χ3v) is 4.09. The summed E-state index contributed by atoms with van der Waals surface area (Å²) in [5, 5.41) is 9.23. The topological polar surface area (TPSA) is 66.6 Å². The van der Waals surface area contributed by atoms with Crippen molar-refractivity contribution in [1.29, 1.82) is 0 Å². The van der Waals surface area contributed by atoms with Gasteiger partial charge in [0.15, 0.2) is 0 Å². The summed E-state index contributed by atoms with van der Waals surface area (Å²) in [5.74, 6) is -1.16. The van der Waals surface area contributed by atoms with Crippen molar-refractivity contribution >= 4 is 13.8 Å². The fourth-order valence-corrected chi connectivity index (χ4v) is 2.73. The Morgan fingerprint density at radius 1 is 1.33 bits per heavy atom. The van der Waals surface area contributed by atoms with Crippen molar-refractivity contribution in [3.8, 4) is 0 Å². The van der Waals surface area contributed by atoms with E-state index in [1.165, 1.54) is 4.90 Å². The maximum atomic E-state index is 12.8. The van der Waals surface area contributed by atoms with Gasteiger partial charge in [0, 0.05) is 6.54 Å². The summed E-state index contributed by atoms with van der Waals surface area (Å²) >= 11 is 0. The second kappa shape index (κ2) is 7.49. The molecule has 1 unspecified atom stereocenters. The van der Waals surface area contributed by atoms with Crippen molar-refractivity contribution in [2.24, 2.45) is 5.73 Å². The Morgan fingerprint density at radius 3 is 2.52 bits per heavy atom. The highest BCUT2D eigenvalue weighted by atomic mass is 19.4. The second-order valence-corrected chi connectivity index (χ2v) is 5.69. The molecule has 0 bridgehead atoms. The van der Waals surface area contributed by atoms with Crippen molar-refractivity contribution in [3.63, 3.8) is 0 Å². The third-order valence-electron chi connectivity index (χ3n) is 4.09. The average molecular weight is 306 g/mol. The zero-order chi connectivity index (χ0) is 16.1. The summed E-state index contributed by atoms with van der Waals surface area (Å²) in [6, 6.07) is -1.47. The first-order valence-electron chi connectivity index (χ1n) is 7.24. The van der Waals surface area contributed by atoms with Crippen molar-refractivity contribution < 1.29 is 23.1 Å². The van der Waals surface area contributed by atoms with E-state index in [9.17, 15) is 23.1 Å². The Bertz CT molecular complexity index is 355. The van der Waals surface area contributed by atoms with Crippen molar-refractivity contribution in [2.45, 2.75) is 62.6 Å². The van der Waals surface area contributed by atoms with E-state index in [1.807, 2.05) is 0 Å². The van der Waals surface area contributed by atoms with Gasteiger partial charge in [0.25, 0.3) is 0 Å². The maximum absolute atomic E-state index is 12.8. The van der Waals surface area contributed by atoms with E-state index in [0.717, 1.165) is 0 Å². The lowest BCUT2D eigenvalue weighted by molar-refractivity contribution is -0.176. The van der Waals surface area contributed by atoms with Gasteiger partial charge in [-0.2, -0.15) is 13.2 Å². The molecule has 1 saturated heterocycles. The van der Waals surface area contributed by atoms with Gasteiger partial charge >= 0.3 is 12.1 Å². The summed E-state index contributed by atoms with van der Waals surface area (Å²) in [4.78, 5) is 12.6. The average Bonchev–Trinajstić information content (AvgIpc) is 2.85. The molecule has 3 N–H and O–H groups in total. The number of carboxylic acids is 1. The predicted octanol–water partition coefficient (Wildman–Crippen LogP) is 1.94. The molecule has 2 atom stereocenters. The standard InChI is InChI=1S/C13H22BF3N2O2/c14-7-2-1-5-12(18,11(20)21)6-9-19-8-3-4-10(19)13(15,16)17/h10H,1-9,18H2,(H,20,21)/t10-,12?/m1/s1. The normalized spacial score (nSPS) is 23.1. The first-order valence-corrected chi connectivity index (χ1v) is 7.24. The molecule has 1 rings (SSSR count). The summed E-state index contributed by atoms with van der Waals surface area (Å²) in [6.45, 7) is 0.387. The number of likely N-dealkylation sites (tertiary alicyclic amines) is 1. The lowest BCUT2D eigenvalue weighted by atomic mass is 9.88. The molecule has 0 aromatic heterocycles. The van der Waals surface area contributed by atoms with E-state index in [0.29, 0.717) is 32.1 Å². The number of hydrogen-bond acceptors (Lipinski definition) is 3. The fraction of sp³-hybridized carbons (Fsp3) is 0.923. The number of hydrogen-bond donors (Lipinski definition) is 2. The van der Waals surface area contributed by atoms with Crippen LogP contribution in [0.1, 0.15) is 38.5 Å². The van der Waals surface area contributed by atoms with Gasteiger partial charge in [-0.05, 0) is 32.2 Å². The monoisotopic (exact) mass is 306 g/mol. The molecule has 1 aliphatic heterocycles. The molecule has 0 saturated carbocycles. The Kier molecular flexibility index (Phi) is 6.53. The molecule has 21 heavy (non-hydrogen) atoms. The van der Waals surface area contributed by atoms with Gasteiger partial charge in [-0.25, -0.2) is 0 Å². The van der Waals surface area contributed by atoms with Gasteiger partial charge in [0.1, 0.15) is 11.6 Å². The molecule has 1 fully saturated rings. The summed E-state index contributed by atoms with van der Waals surface area (Å²) < 4.78 is 38.5. The smallest absolute Gasteiger partial charge is 0.404 e. The highest BCUT2D eigenvalue weighted by Crippen LogP contribution is 2.33. The molecular weight excluding hydrogens is 284 g/mol. The van der Waals surface area contributed by atoms with Crippen LogP contribution in [0.3, 0.4) is 0 Å². The van der Waals surface area contributed by atoms with Crippen LogP contribution in [0.25, 0.3) is 0 Å². The number of nitrogens with zero attached hydrogens (tertiary/aromatic N) is 1. The molecule has 0 aliphatic carbocycles. The molecule has 0 spiro atoms. The largest absolute Gasteiger partial charge is 0.480 e. The minimum atomic E-state index is -4.27. The van der Waals surface area contributed by atoms with E-state index < -0.39 is 23.7 Å². The number of carboxylic acid groups (broad SMARTS) is 1. The molecular formula is C13H22BF3N2O2. The Balaban J connectivity index is 2.58. The van der Waals surface area contributed by atoms with Crippen LogP contribution < -0.4 is 5.73 Å². The SMILES string of the molecule is [B]CCCCC(N)(CCN1CCC[C@@H]1C(F)(F)F)C(=O)O. The third kappa shape index (κ3) is 5.18. The second-order valence-electron chi connectivity index (χ2n) is 5.69. The predicted molar refractivity (Wildman–Crippen MR) is 74.2 cm³/mol. The van der Waals surface area contributed by atoms with Crippen LogP contribution in [0.4, 0.5) is 13.2 Å². The van der Waals surface area contributed by atoms with Crippen LogP contribution in [0.2, 0.25) is 6.32 Å². The number of halogens is 3. The quantitative estimate of drug-likeness (QED) is 0.531. The summed E-state index contributed by atoms with van der Waals surface area (Å²) in [6.07, 6.45) is -1.83. The summed E-state index contributed by atoms with van der Waals surface area (Å²) in [7, 11) is 5.35. The molecule has 8 heteroatoms. The lowest BCUT2D eigenvalue weighted by Crippen LogP contribution is -2.51. The van der Waals surface area contributed by atoms with E-state index in [2.05, 4.69) is 0 Å². The van der Waals surface area contributed by atoms with Gasteiger partial charge in [-0.3, -0.25) is 9.69 Å². The fourth-order valence-electron chi connectivity index (χ4n) is 2.73. The molecule has 0 aromatic rings. The van der Waals surface area contributed by atoms with E-state index in [4.69, 9.17) is 13.6 Å². The van der Waals surface area contributed by atoms with E-state index in [-0.39, 0.29) is 25.8 Å². The highest BCUT2D eigenvalue weighted by molar-refractivity contribution is 6.08. The Labute approximate surface area is 124 Å². The van der Waals surface area contributed by atoms with Gasteiger partial charge < -0.3 is 10.8 Å². The van der Waals surface area contributed by atoms with Gasteiger partial charge in [-0.1, -0.05) is 19.2 Å². The Morgan fingerprint density at radius 2 is 2.00 bits per heavy atom. The number of aliphatic carboxylic acids is 1. The van der Waals surface area contributed by atoms with E-state index >= 15 is 0 Å². The van der Waals surface area contributed by atoms with Crippen molar-refractivity contribution in [1.82, 2.24) is 4.90 Å². The minimum absolute atomic E-state index is 0.0134.